The zero-order valence-corrected chi connectivity index (χ0v) is 17.1. The maximum atomic E-state index is 12.3. The summed E-state index contributed by atoms with van der Waals surface area (Å²) in [5.74, 6) is -0.871. The summed E-state index contributed by atoms with van der Waals surface area (Å²) in [6.45, 7) is 5.49. The van der Waals surface area contributed by atoms with Crippen molar-refractivity contribution in [2.45, 2.75) is 32.1 Å². The quantitative estimate of drug-likeness (QED) is 0.691. The van der Waals surface area contributed by atoms with Crippen LogP contribution in [-0.4, -0.2) is 33.9 Å². The fraction of sp³-hybridized carbons (Fsp3) is 0.300. The van der Waals surface area contributed by atoms with E-state index >= 15 is 0 Å². The number of hydrogen-bond acceptors (Lipinski definition) is 5. The van der Waals surface area contributed by atoms with E-state index in [1.807, 2.05) is 13.8 Å². The largest absolute Gasteiger partial charge is 0.465 e. The van der Waals surface area contributed by atoms with Gasteiger partial charge in [-0.05, 0) is 61.7 Å². The summed E-state index contributed by atoms with van der Waals surface area (Å²) in [6, 6.07) is 9.70. The van der Waals surface area contributed by atoms with Gasteiger partial charge in [-0.25, -0.2) is 17.9 Å². The van der Waals surface area contributed by atoms with E-state index in [1.54, 1.807) is 31.2 Å². The normalized spacial score (nSPS) is 11.1. The Morgan fingerprint density at radius 3 is 2.29 bits per heavy atom. The van der Waals surface area contributed by atoms with Gasteiger partial charge in [-0.3, -0.25) is 4.79 Å². The maximum absolute atomic E-state index is 12.3. The third-order valence-electron chi connectivity index (χ3n) is 4.37. The fourth-order valence-electron chi connectivity index (χ4n) is 2.48. The van der Waals surface area contributed by atoms with Gasteiger partial charge in [-0.15, -0.1) is 0 Å². The highest BCUT2D eigenvalue weighted by molar-refractivity contribution is 7.89. The number of esters is 1. The SMILES string of the molecule is COC(=O)c1ccc(C)c(NC(=O)CCNS(=O)(=O)c2ccc(C)c(C)c2)c1. The van der Waals surface area contributed by atoms with E-state index in [0.717, 1.165) is 16.7 Å². The van der Waals surface area contributed by atoms with Crippen LogP contribution in [0, 0.1) is 20.8 Å². The molecule has 1 amide bonds. The molecule has 150 valence electrons. The van der Waals surface area contributed by atoms with Crippen molar-refractivity contribution < 1.29 is 22.7 Å². The van der Waals surface area contributed by atoms with Crippen molar-refractivity contribution in [2.24, 2.45) is 0 Å². The zero-order chi connectivity index (χ0) is 20.9. The number of methoxy groups -OCH3 is 1. The number of rotatable bonds is 7. The number of carbonyl (C=O) groups is 2. The van der Waals surface area contributed by atoms with Crippen molar-refractivity contribution in [2.75, 3.05) is 19.0 Å². The van der Waals surface area contributed by atoms with Crippen molar-refractivity contribution in [3.8, 4) is 0 Å². The Balaban J connectivity index is 1.97. The highest BCUT2D eigenvalue weighted by Gasteiger charge is 2.15. The molecule has 0 bridgehead atoms. The number of nitrogens with one attached hydrogen (secondary N) is 2. The van der Waals surface area contributed by atoms with Crippen LogP contribution in [0.3, 0.4) is 0 Å². The van der Waals surface area contributed by atoms with Crippen molar-refractivity contribution in [1.29, 1.82) is 0 Å². The monoisotopic (exact) mass is 404 g/mol. The van der Waals surface area contributed by atoms with Gasteiger partial charge in [0.2, 0.25) is 15.9 Å². The van der Waals surface area contributed by atoms with Crippen molar-refractivity contribution in [3.05, 3.63) is 58.7 Å². The summed E-state index contributed by atoms with van der Waals surface area (Å²) in [7, 11) is -2.41. The smallest absolute Gasteiger partial charge is 0.337 e. The third-order valence-corrected chi connectivity index (χ3v) is 5.82. The van der Waals surface area contributed by atoms with Crippen LogP contribution < -0.4 is 10.0 Å². The molecule has 7 nitrogen and oxygen atoms in total. The molecule has 0 saturated heterocycles. The molecular formula is C20H24N2O5S. The van der Waals surface area contributed by atoms with Gasteiger partial charge in [0.25, 0.3) is 0 Å². The molecule has 2 aromatic rings. The van der Waals surface area contributed by atoms with Crippen molar-refractivity contribution in [3.63, 3.8) is 0 Å². The van der Waals surface area contributed by atoms with Crippen LogP contribution in [0.25, 0.3) is 0 Å². The molecule has 0 aromatic heterocycles. The van der Waals surface area contributed by atoms with E-state index in [9.17, 15) is 18.0 Å². The predicted molar refractivity (Wildman–Crippen MR) is 107 cm³/mol. The van der Waals surface area contributed by atoms with E-state index in [0.29, 0.717) is 11.3 Å². The average molecular weight is 404 g/mol. The van der Waals surface area contributed by atoms with Gasteiger partial charge in [0.1, 0.15) is 0 Å². The Morgan fingerprint density at radius 2 is 1.64 bits per heavy atom. The second-order valence-electron chi connectivity index (χ2n) is 6.46. The van der Waals surface area contributed by atoms with Gasteiger partial charge in [0, 0.05) is 18.7 Å². The first-order chi connectivity index (χ1) is 13.1. The van der Waals surface area contributed by atoms with E-state index < -0.39 is 16.0 Å². The maximum Gasteiger partial charge on any atom is 0.337 e. The van der Waals surface area contributed by atoms with E-state index in [4.69, 9.17) is 0 Å². The Bertz CT molecular complexity index is 1000. The molecule has 0 saturated carbocycles. The topological polar surface area (TPSA) is 102 Å². The van der Waals surface area contributed by atoms with Gasteiger partial charge in [-0.1, -0.05) is 12.1 Å². The molecule has 2 aromatic carbocycles. The molecule has 0 unspecified atom stereocenters. The fourth-order valence-corrected chi connectivity index (χ4v) is 3.59. The zero-order valence-electron chi connectivity index (χ0n) is 16.3. The number of anilines is 1. The average Bonchev–Trinajstić information content (AvgIpc) is 2.64. The summed E-state index contributed by atoms with van der Waals surface area (Å²) < 4.78 is 31.8. The first kappa shape index (κ1) is 21.6. The molecule has 8 heteroatoms. The lowest BCUT2D eigenvalue weighted by molar-refractivity contribution is -0.116. The Kier molecular flexibility index (Phi) is 6.93. The summed E-state index contributed by atoms with van der Waals surface area (Å²) >= 11 is 0. The van der Waals surface area contributed by atoms with E-state index in [1.165, 1.54) is 19.2 Å². The number of sulfonamides is 1. The van der Waals surface area contributed by atoms with Gasteiger partial charge >= 0.3 is 5.97 Å². The van der Waals surface area contributed by atoms with Crippen LogP contribution in [0.5, 0.6) is 0 Å². The van der Waals surface area contributed by atoms with Gasteiger partial charge < -0.3 is 10.1 Å². The number of ether oxygens (including phenoxy) is 1. The number of aryl methyl sites for hydroxylation is 3. The number of hydrogen-bond donors (Lipinski definition) is 2. The first-order valence-electron chi connectivity index (χ1n) is 8.70. The molecule has 0 atom stereocenters. The van der Waals surface area contributed by atoms with Gasteiger partial charge in [0.05, 0.1) is 17.6 Å². The highest BCUT2D eigenvalue weighted by Crippen LogP contribution is 2.18. The molecule has 2 N–H and O–H groups in total. The molecule has 28 heavy (non-hydrogen) atoms. The van der Waals surface area contributed by atoms with Crippen LogP contribution >= 0.6 is 0 Å². The van der Waals surface area contributed by atoms with Crippen LogP contribution in [0.4, 0.5) is 5.69 Å². The lowest BCUT2D eigenvalue weighted by Crippen LogP contribution is -2.28. The Morgan fingerprint density at radius 1 is 0.964 bits per heavy atom. The lowest BCUT2D eigenvalue weighted by atomic mass is 10.1. The van der Waals surface area contributed by atoms with E-state index in [2.05, 4.69) is 14.8 Å². The minimum Gasteiger partial charge on any atom is -0.465 e. The minimum atomic E-state index is -3.69. The summed E-state index contributed by atoms with van der Waals surface area (Å²) in [6.07, 6.45) is -0.0496. The van der Waals surface area contributed by atoms with Crippen molar-refractivity contribution >= 4 is 27.6 Å². The molecule has 0 aliphatic rings. The molecule has 0 aliphatic carbocycles. The predicted octanol–water partition coefficient (Wildman–Crippen LogP) is 2.71. The molecule has 0 aliphatic heterocycles. The second-order valence-corrected chi connectivity index (χ2v) is 8.23. The van der Waals surface area contributed by atoms with Crippen LogP contribution in [0.1, 0.15) is 33.5 Å². The molecule has 0 heterocycles. The van der Waals surface area contributed by atoms with Crippen LogP contribution in [0.15, 0.2) is 41.3 Å². The highest BCUT2D eigenvalue weighted by atomic mass is 32.2. The molecular weight excluding hydrogens is 380 g/mol. The lowest BCUT2D eigenvalue weighted by Gasteiger charge is -2.11. The van der Waals surface area contributed by atoms with Gasteiger partial charge in [0.15, 0.2) is 0 Å². The van der Waals surface area contributed by atoms with Crippen LogP contribution in [0.2, 0.25) is 0 Å². The number of carbonyl (C=O) groups excluding carboxylic acids is 2. The third kappa shape index (κ3) is 5.40. The van der Waals surface area contributed by atoms with Crippen LogP contribution in [-0.2, 0) is 19.6 Å². The molecule has 0 fully saturated rings. The molecule has 0 spiro atoms. The standard InChI is InChI=1S/C20H24N2O5S/c1-13-6-8-17(11-15(13)3)28(25,26)21-10-9-19(23)22-18-12-16(20(24)27-4)7-5-14(18)2/h5-8,11-12,21H,9-10H2,1-4H3,(H,22,23). The summed E-state index contributed by atoms with van der Waals surface area (Å²) in [5, 5.41) is 2.69. The molecule has 2 rings (SSSR count). The summed E-state index contributed by atoms with van der Waals surface area (Å²) in [5.41, 5.74) is 3.45. The first-order valence-corrected chi connectivity index (χ1v) is 10.2. The second kappa shape index (κ2) is 8.99. The Labute approximate surface area is 165 Å². The van der Waals surface area contributed by atoms with E-state index in [-0.39, 0.29) is 23.8 Å². The minimum absolute atomic E-state index is 0.0448. The summed E-state index contributed by atoms with van der Waals surface area (Å²) in [4.78, 5) is 24.0. The molecule has 0 radical (unpaired) electrons. The number of benzene rings is 2. The Hall–Kier alpha value is -2.71. The number of amides is 1. The van der Waals surface area contributed by atoms with Gasteiger partial charge in [-0.2, -0.15) is 0 Å². The van der Waals surface area contributed by atoms with Crippen molar-refractivity contribution in [1.82, 2.24) is 4.72 Å².